The summed E-state index contributed by atoms with van der Waals surface area (Å²) in [7, 11) is 0. The van der Waals surface area contributed by atoms with Crippen molar-refractivity contribution in [3.05, 3.63) is 87.8 Å². The second-order valence-corrected chi connectivity index (χ2v) is 8.58. The number of nitrogens with two attached hydrogens (primary N) is 2. The first-order chi connectivity index (χ1) is 19.5. The Morgan fingerprint density at radius 2 is 1.63 bits per heavy atom. The zero-order valence-electron chi connectivity index (χ0n) is 21.9. The second kappa shape index (κ2) is 13.8. The molecule has 0 fully saturated rings. The van der Waals surface area contributed by atoms with Crippen molar-refractivity contribution in [2.75, 3.05) is 25.0 Å². The Balaban J connectivity index is 1.91. The lowest BCUT2D eigenvalue weighted by atomic mass is 9.91. The van der Waals surface area contributed by atoms with Crippen LogP contribution in [0.3, 0.4) is 0 Å². The van der Waals surface area contributed by atoms with E-state index in [9.17, 15) is 27.6 Å². The van der Waals surface area contributed by atoms with E-state index < -0.39 is 41.9 Å². The molecule has 0 spiro atoms. The van der Waals surface area contributed by atoms with Gasteiger partial charge in [0, 0.05) is 12.5 Å². The molecule has 0 unspecified atom stereocenters. The van der Waals surface area contributed by atoms with Crippen LogP contribution in [0.1, 0.15) is 22.7 Å². The molecule has 41 heavy (non-hydrogen) atoms. The monoisotopic (exact) mass is 575 g/mol. The maximum Gasteiger partial charge on any atom is 0.491 e. The number of carbonyl (C=O) groups is 2. The fourth-order valence-corrected chi connectivity index (χ4v) is 3.73. The van der Waals surface area contributed by atoms with Crippen LogP contribution < -0.4 is 32.4 Å². The molecule has 0 atom stereocenters. The Morgan fingerprint density at radius 3 is 2.17 bits per heavy atom. The predicted octanol–water partition coefficient (Wildman–Crippen LogP) is 1.58. The van der Waals surface area contributed by atoms with E-state index in [0.29, 0.717) is 0 Å². The van der Waals surface area contributed by atoms with Gasteiger partial charge in [0.15, 0.2) is 5.82 Å². The molecule has 3 aromatic rings. The molecule has 218 valence electrons. The minimum absolute atomic E-state index is 0.0502. The molecule has 0 bridgehead atoms. The van der Waals surface area contributed by atoms with Crippen LogP contribution in [-0.4, -0.2) is 53.3 Å². The third kappa shape index (κ3) is 8.71. The van der Waals surface area contributed by atoms with Gasteiger partial charge in [0.25, 0.3) is 5.56 Å². The molecule has 0 saturated carbocycles. The Bertz CT molecular complexity index is 1390. The van der Waals surface area contributed by atoms with Crippen molar-refractivity contribution in [2.45, 2.75) is 25.6 Å². The first-order valence-electron chi connectivity index (χ1n) is 12.2. The second-order valence-electron chi connectivity index (χ2n) is 8.58. The molecule has 0 aliphatic rings. The maximum atomic E-state index is 13.3. The number of guanidine groups is 1. The number of halogens is 3. The average Bonchev–Trinajstić information content (AvgIpc) is 2.93. The minimum Gasteiger partial charge on any atom is -0.399 e. The quantitative estimate of drug-likeness (QED) is 0.0821. The topological polar surface area (TPSA) is 176 Å². The molecule has 1 aromatic heterocycles. The largest absolute Gasteiger partial charge is 0.491 e. The number of nitrogens with one attached hydrogen (secondary N) is 2. The fourth-order valence-electron chi connectivity index (χ4n) is 3.73. The van der Waals surface area contributed by atoms with E-state index in [2.05, 4.69) is 25.5 Å². The first-order valence-corrected chi connectivity index (χ1v) is 12.2. The molecular weight excluding hydrogens is 547 g/mol. The zero-order chi connectivity index (χ0) is 30.0. The number of ether oxygens (including phenoxy) is 1. The highest BCUT2D eigenvalue weighted by molar-refractivity contribution is 5.78. The zero-order valence-corrected chi connectivity index (χ0v) is 21.9. The van der Waals surface area contributed by atoms with Crippen LogP contribution in [0.25, 0.3) is 0 Å². The molecule has 2 aromatic carbocycles. The molecule has 0 aliphatic heterocycles. The minimum atomic E-state index is -5.32. The summed E-state index contributed by atoms with van der Waals surface area (Å²) in [5.41, 5.74) is 11.0. The number of carbonyl (C=O) groups excluding carboxylic acids is 2. The number of benzene rings is 2. The molecule has 3 rings (SSSR count). The first kappa shape index (κ1) is 30.5. The summed E-state index contributed by atoms with van der Waals surface area (Å²) in [5, 5.41) is 8.61. The lowest BCUT2D eigenvalue weighted by Crippen LogP contribution is -2.37. The number of nitrogens with zero attached hydrogens (tertiary/aromatic N) is 3. The predicted molar refractivity (Wildman–Crippen MR) is 143 cm³/mol. The Morgan fingerprint density at radius 1 is 1.05 bits per heavy atom. The van der Waals surface area contributed by atoms with Crippen molar-refractivity contribution >= 4 is 23.7 Å². The highest BCUT2D eigenvalue weighted by atomic mass is 19.4. The van der Waals surface area contributed by atoms with Crippen LogP contribution >= 0.6 is 0 Å². The summed E-state index contributed by atoms with van der Waals surface area (Å²) >= 11 is 0. The number of aromatic nitrogens is 2. The molecule has 1 amide bonds. The molecule has 15 heteroatoms. The van der Waals surface area contributed by atoms with E-state index in [1.165, 1.54) is 6.92 Å². The lowest BCUT2D eigenvalue weighted by Gasteiger charge is -2.20. The summed E-state index contributed by atoms with van der Waals surface area (Å²) in [5.74, 6) is -5.03. The maximum absolute atomic E-state index is 13.3. The van der Waals surface area contributed by atoms with Crippen LogP contribution in [-0.2, 0) is 21.0 Å². The van der Waals surface area contributed by atoms with Gasteiger partial charge >= 0.3 is 12.1 Å². The van der Waals surface area contributed by atoms with E-state index in [1.54, 1.807) is 0 Å². The summed E-state index contributed by atoms with van der Waals surface area (Å²) < 4.78 is 44.2. The summed E-state index contributed by atoms with van der Waals surface area (Å²) in [4.78, 5) is 46.1. The average molecular weight is 576 g/mol. The van der Waals surface area contributed by atoms with Crippen LogP contribution in [0, 0.1) is 6.92 Å². The van der Waals surface area contributed by atoms with Gasteiger partial charge in [-0.3, -0.25) is 14.2 Å². The van der Waals surface area contributed by atoms with Gasteiger partial charge in [-0.25, -0.2) is 4.79 Å². The van der Waals surface area contributed by atoms with Crippen molar-refractivity contribution in [3.63, 3.8) is 0 Å². The van der Waals surface area contributed by atoms with Gasteiger partial charge in [0.1, 0.15) is 13.2 Å². The van der Waals surface area contributed by atoms with Crippen molar-refractivity contribution in [2.24, 2.45) is 16.6 Å². The number of anilines is 1. The van der Waals surface area contributed by atoms with E-state index >= 15 is 0 Å². The van der Waals surface area contributed by atoms with Crippen molar-refractivity contribution in [1.82, 2.24) is 14.9 Å². The molecule has 0 aliphatic carbocycles. The standard InChI is InChI=1S/C26H28F3N7O5/c1-16-22(41-24(39)26(27,28)29)34-21(23(38)36(16)15-20(37)32-12-13-40-35-25(30)31)33-14-19(17-8-4-2-5-9-17)18-10-6-3-7-11-18/h2-11,19H,12-15H2,1H3,(H,32,37)(H,33,34)(H4,30,31,35). The van der Waals surface area contributed by atoms with Gasteiger partial charge < -0.3 is 31.7 Å². The van der Waals surface area contributed by atoms with Crippen LogP contribution in [0.5, 0.6) is 5.88 Å². The number of hydrogen-bond donors (Lipinski definition) is 4. The van der Waals surface area contributed by atoms with E-state index in [4.69, 9.17) is 16.3 Å². The van der Waals surface area contributed by atoms with Crippen LogP contribution in [0.2, 0.25) is 0 Å². The van der Waals surface area contributed by atoms with Gasteiger partial charge in [-0.2, -0.15) is 18.2 Å². The van der Waals surface area contributed by atoms with Crippen molar-refractivity contribution in [1.29, 1.82) is 0 Å². The van der Waals surface area contributed by atoms with Gasteiger partial charge in [0.05, 0.1) is 12.2 Å². The number of amides is 1. The van der Waals surface area contributed by atoms with Crippen LogP contribution in [0.4, 0.5) is 19.0 Å². The van der Waals surface area contributed by atoms with Crippen molar-refractivity contribution in [3.8, 4) is 5.88 Å². The molecule has 1 heterocycles. The number of hydrogen-bond acceptors (Lipinski definition) is 8. The Kier molecular flexibility index (Phi) is 10.3. The van der Waals surface area contributed by atoms with Gasteiger partial charge in [-0.1, -0.05) is 60.7 Å². The highest BCUT2D eigenvalue weighted by Crippen LogP contribution is 2.26. The van der Waals surface area contributed by atoms with Crippen LogP contribution in [0.15, 0.2) is 70.6 Å². The molecular formula is C26H28F3N7O5. The highest BCUT2D eigenvalue weighted by Gasteiger charge is 2.42. The third-order valence-corrected chi connectivity index (χ3v) is 5.66. The third-order valence-electron chi connectivity index (χ3n) is 5.66. The molecule has 0 radical (unpaired) electrons. The summed E-state index contributed by atoms with van der Waals surface area (Å²) in [6.45, 7) is 0.520. The lowest BCUT2D eigenvalue weighted by molar-refractivity contribution is -0.190. The Labute approximate surface area is 232 Å². The smallest absolute Gasteiger partial charge is 0.399 e. The van der Waals surface area contributed by atoms with Gasteiger partial charge in [-0.15, -0.1) is 0 Å². The molecule has 0 saturated heterocycles. The van der Waals surface area contributed by atoms with E-state index in [0.717, 1.165) is 15.7 Å². The Hall–Kier alpha value is -5.08. The number of esters is 1. The summed E-state index contributed by atoms with van der Waals surface area (Å²) in [6, 6.07) is 18.6. The fraction of sp³-hybridized carbons (Fsp3) is 0.269. The van der Waals surface area contributed by atoms with E-state index in [-0.39, 0.29) is 37.3 Å². The molecule has 6 N–H and O–H groups in total. The number of oxime groups is 1. The normalized spacial score (nSPS) is 11.0. The SMILES string of the molecule is Cc1c(OC(=O)C(F)(F)F)nc(NCC(c2ccccc2)c2ccccc2)c(=O)n1CC(=O)NCCON=C(N)N. The number of alkyl halides is 3. The van der Waals surface area contributed by atoms with E-state index in [1.807, 2.05) is 60.7 Å². The molecule has 12 nitrogen and oxygen atoms in total. The summed E-state index contributed by atoms with van der Waals surface area (Å²) in [6.07, 6.45) is -5.32. The number of rotatable bonds is 12. The van der Waals surface area contributed by atoms with Crippen molar-refractivity contribution < 1.29 is 32.3 Å². The van der Waals surface area contributed by atoms with Gasteiger partial charge in [0.2, 0.25) is 17.7 Å². The van der Waals surface area contributed by atoms with Gasteiger partial charge in [-0.05, 0) is 23.2 Å².